The SMILES string of the molecule is CCCCOc1cc(S(=O)(=O)Cl)ccc1Cl. The summed E-state index contributed by atoms with van der Waals surface area (Å²) in [6.07, 6.45) is 1.87. The molecule has 6 heteroatoms. The first-order valence-corrected chi connectivity index (χ1v) is 7.51. The maximum atomic E-state index is 11.1. The van der Waals surface area contributed by atoms with Gasteiger partial charge in [-0.25, -0.2) is 8.42 Å². The summed E-state index contributed by atoms with van der Waals surface area (Å²) < 4.78 is 27.5. The van der Waals surface area contributed by atoms with Crippen molar-refractivity contribution in [1.29, 1.82) is 0 Å². The zero-order chi connectivity index (χ0) is 12.2. The van der Waals surface area contributed by atoms with Gasteiger partial charge in [0.25, 0.3) is 9.05 Å². The number of ether oxygens (including phenoxy) is 1. The van der Waals surface area contributed by atoms with E-state index in [1.54, 1.807) is 0 Å². The van der Waals surface area contributed by atoms with Crippen molar-refractivity contribution in [2.75, 3.05) is 6.61 Å². The van der Waals surface area contributed by atoms with Crippen LogP contribution in [0.1, 0.15) is 19.8 Å². The first-order chi connectivity index (χ1) is 7.45. The van der Waals surface area contributed by atoms with E-state index in [9.17, 15) is 8.42 Å². The molecule has 0 unspecified atom stereocenters. The number of unbranched alkanes of at least 4 members (excludes halogenated alkanes) is 1. The molecule has 1 rings (SSSR count). The van der Waals surface area contributed by atoms with Gasteiger partial charge in [-0.15, -0.1) is 0 Å². The van der Waals surface area contributed by atoms with Gasteiger partial charge < -0.3 is 4.74 Å². The van der Waals surface area contributed by atoms with Gasteiger partial charge in [0.15, 0.2) is 0 Å². The molecule has 3 nitrogen and oxygen atoms in total. The highest BCUT2D eigenvalue weighted by atomic mass is 35.7. The van der Waals surface area contributed by atoms with E-state index in [1.807, 2.05) is 6.92 Å². The minimum Gasteiger partial charge on any atom is -0.492 e. The topological polar surface area (TPSA) is 43.4 Å². The summed E-state index contributed by atoms with van der Waals surface area (Å²) in [6.45, 7) is 2.53. The molecule has 0 saturated carbocycles. The van der Waals surface area contributed by atoms with E-state index in [0.717, 1.165) is 12.8 Å². The van der Waals surface area contributed by atoms with Gasteiger partial charge in [0, 0.05) is 16.7 Å². The molecule has 0 N–H and O–H groups in total. The molecule has 0 bridgehead atoms. The predicted octanol–water partition coefficient (Wildman–Crippen LogP) is 3.45. The van der Waals surface area contributed by atoms with Crippen molar-refractivity contribution in [2.24, 2.45) is 0 Å². The molecule has 16 heavy (non-hydrogen) atoms. The number of rotatable bonds is 5. The normalized spacial score (nSPS) is 11.4. The highest BCUT2D eigenvalue weighted by Gasteiger charge is 2.12. The van der Waals surface area contributed by atoms with Crippen LogP contribution in [0.3, 0.4) is 0 Å². The van der Waals surface area contributed by atoms with E-state index >= 15 is 0 Å². The fraction of sp³-hybridized carbons (Fsp3) is 0.400. The molecule has 0 heterocycles. The van der Waals surface area contributed by atoms with Gasteiger partial charge in [-0.1, -0.05) is 24.9 Å². The van der Waals surface area contributed by atoms with Crippen LogP contribution in [0.15, 0.2) is 23.1 Å². The lowest BCUT2D eigenvalue weighted by atomic mass is 10.3. The van der Waals surface area contributed by atoms with Gasteiger partial charge in [-0.2, -0.15) is 0 Å². The van der Waals surface area contributed by atoms with Crippen molar-refractivity contribution in [2.45, 2.75) is 24.7 Å². The van der Waals surface area contributed by atoms with E-state index in [0.29, 0.717) is 17.4 Å². The first-order valence-electron chi connectivity index (χ1n) is 4.82. The monoisotopic (exact) mass is 282 g/mol. The second-order valence-electron chi connectivity index (χ2n) is 3.23. The zero-order valence-electron chi connectivity index (χ0n) is 8.74. The van der Waals surface area contributed by atoms with E-state index < -0.39 is 9.05 Å². The third-order valence-corrected chi connectivity index (χ3v) is 3.60. The smallest absolute Gasteiger partial charge is 0.261 e. The van der Waals surface area contributed by atoms with E-state index in [4.69, 9.17) is 27.0 Å². The van der Waals surface area contributed by atoms with Crippen LogP contribution in [-0.2, 0) is 9.05 Å². The van der Waals surface area contributed by atoms with Gasteiger partial charge >= 0.3 is 0 Å². The first kappa shape index (κ1) is 13.6. The summed E-state index contributed by atoms with van der Waals surface area (Å²) in [7, 11) is 1.48. The van der Waals surface area contributed by atoms with Crippen molar-refractivity contribution in [3.8, 4) is 5.75 Å². The van der Waals surface area contributed by atoms with Crippen LogP contribution < -0.4 is 4.74 Å². The van der Waals surface area contributed by atoms with Crippen LogP contribution in [0.5, 0.6) is 5.75 Å². The van der Waals surface area contributed by atoms with Crippen LogP contribution >= 0.6 is 22.3 Å². The molecule has 0 atom stereocenters. The van der Waals surface area contributed by atoms with E-state index in [1.165, 1.54) is 18.2 Å². The summed E-state index contributed by atoms with van der Waals surface area (Å²) in [5, 5.41) is 0.375. The van der Waals surface area contributed by atoms with Crippen LogP contribution in [-0.4, -0.2) is 15.0 Å². The lowest BCUT2D eigenvalue weighted by Crippen LogP contribution is -1.99. The second-order valence-corrected chi connectivity index (χ2v) is 6.21. The van der Waals surface area contributed by atoms with Crippen molar-refractivity contribution >= 4 is 31.3 Å². The zero-order valence-corrected chi connectivity index (χ0v) is 11.1. The maximum absolute atomic E-state index is 11.1. The molecule has 0 aliphatic carbocycles. The number of halogens is 2. The molecule has 0 aliphatic rings. The fourth-order valence-electron chi connectivity index (χ4n) is 1.07. The van der Waals surface area contributed by atoms with Gasteiger partial charge in [0.1, 0.15) is 5.75 Å². The van der Waals surface area contributed by atoms with Crippen LogP contribution in [0.25, 0.3) is 0 Å². The largest absolute Gasteiger partial charge is 0.492 e. The van der Waals surface area contributed by atoms with Crippen molar-refractivity contribution < 1.29 is 13.2 Å². The van der Waals surface area contributed by atoms with Gasteiger partial charge in [-0.3, -0.25) is 0 Å². The Hall–Kier alpha value is -0.450. The van der Waals surface area contributed by atoms with E-state index in [2.05, 4.69) is 0 Å². The summed E-state index contributed by atoms with van der Waals surface area (Å²) in [6, 6.07) is 4.13. The molecule has 90 valence electrons. The lowest BCUT2D eigenvalue weighted by molar-refractivity contribution is 0.309. The highest BCUT2D eigenvalue weighted by Crippen LogP contribution is 2.29. The molecule has 0 fully saturated rings. The quantitative estimate of drug-likeness (QED) is 0.614. The fourth-order valence-corrected chi connectivity index (χ4v) is 2.01. The molecule has 0 aromatic heterocycles. The molecule has 0 aliphatic heterocycles. The summed E-state index contributed by atoms with van der Waals surface area (Å²) in [5.41, 5.74) is 0. The second kappa shape index (κ2) is 5.75. The number of hydrogen-bond acceptors (Lipinski definition) is 3. The minimum atomic E-state index is -3.74. The lowest BCUT2D eigenvalue weighted by Gasteiger charge is -2.08. The Kier molecular flexibility index (Phi) is 4.89. The van der Waals surface area contributed by atoms with Crippen molar-refractivity contribution in [3.63, 3.8) is 0 Å². The van der Waals surface area contributed by atoms with Crippen LogP contribution in [0.2, 0.25) is 5.02 Å². The average molecular weight is 283 g/mol. The number of hydrogen-bond donors (Lipinski definition) is 0. The Morgan fingerprint density at radius 2 is 2.06 bits per heavy atom. The molecular formula is C10H12Cl2O3S. The molecular weight excluding hydrogens is 271 g/mol. The molecule has 0 amide bonds. The summed E-state index contributed by atoms with van der Waals surface area (Å²) in [4.78, 5) is -0.00920. The van der Waals surface area contributed by atoms with Gasteiger partial charge in [0.05, 0.1) is 16.5 Å². The van der Waals surface area contributed by atoms with Crippen molar-refractivity contribution in [3.05, 3.63) is 23.2 Å². The third kappa shape index (κ3) is 3.85. The van der Waals surface area contributed by atoms with Crippen molar-refractivity contribution in [1.82, 2.24) is 0 Å². The summed E-state index contributed by atoms with van der Waals surface area (Å²) >= 11 is 5.86. The summed E-state index contributed by atoms with van der Waals surface area (Å²) in [5.74, 6) is 0.344. The minimum absolute atomic E-state index is 0.00920. The Balaban J connectivity index is 2.91. The highest BCUT2D eigenvalue weighted by molar-refractivity contribution is 8.13. The molecule has 1 aromatic carbocycles. The Morgan fingerprint density at radius 1 is 1.38 bits per heavy atom. The third-order valence-electron chi connectivity index (χ3n) is 1.94. The molecule has 0 spiro atoms. The maximum Gasteiger partial charge on any atom is 0.261 e. The number of benzene rings is 1. The predicted molar refractivity (Wildman–Crippen MR) is 64.9 cm³/mol. The standard InChI is InChI=1S/C10H12Cl2O3S/c1-2-3-6-15-10-7-8(16(12,13)14)4-5-9(10)11/h4-5,7H,2-3,6H2,1H3. The van der Waals surface area contributed by atoms with E-state index in [-0.39, 0.29) is 4.90 Å². The molecule has 1 aromatic rings. The van der Waals surface area contributed by atoms with Gasteiger partial charge in [-0.05, 0) is 18.6 Å². The Morgan fingerprint density at radius 3 is 2.62 bits per heavy atom. The Labute approximate surface area is 105 Å². The van der Waals surface area contributed by atoms with Crippen LogP contribution in [0.4, 0.5) is 0 Å². The average Bonchev–Trinajstić information content (AvgIpc) is 2.19. The van der Waals surface area contributed by atoms with Crippen LogP contribution in [0, 0.1) is 0 Å². The molecule has 0 saturated heterocycles. The Bertz CT molecular complexity index is 457. The van der Waals surface area contributed by atoms with Gasteiger partial charge in [0.2, 0.25) is 0 Å². The molecule has 0 radical (unpaired) electrons.